The van der Waals surface area contributed by atoms with Gasteiger partial charge in [0.2, 0.25) is 5.91 Å². The molecule has 0 spiro atoms. The fourth-order valence-electron chi connectivity index (χ4n) is 2.84. The maximum atomic E-state index is 11.9. The Kier molecular flexibility index (Phi) is 8.96. The van der Waals surface area contributed by atoms with Gasteiger partial charge in [0.15, 0.2) is 0 Å². The van der Waals surface area contributed by atoms with Gasteiger partial charge in [-0.15, -0.1) is 0 Å². The van der Waals surface area contributed by atoms with Crippen molar-refractivity contribution in [1.82, 2.24) is 5.32 Å². The lowest BCUT2D eigenvalue weighted by molar-refractivity contribution is -0.121. The molecule has 0 bridgehead atoms. The molecule has 0 heterocycles. The van der Waals surface area contributed by atoms with E-state index in [1.54, 1.807) is 6.08 Å². The zero-order valence-electron chi connectivity index (χ0n) is 15.2. The average molecular weight is 349 g/mol. The lowest BCUT2D eigenvalue weighted by atomic mass is 10.0. The fourth-order valence-corrected chi connectivity index (χ4v) is 2.84. The lowest BCUT2D eigenvalue weighted by Crippen LogP contribution is -2.22. The number of carbonyl (C=O) groups is 1. The summed E-state index contributed by atoms with van der Waals surface area (Å²) in [6, 6.07) is 18.6. The number of aryl methyl sites for hydroxylation is 2. The Morgan fingerprint density at radius 2 is 1.50 bits per heavy atom. The molecular formula is C23H27NO2. The maximum absolute atomic E-state index is 11.9. The topological polar surface area (TPSA) is 46.2 Å². The number of hydrogen-bond acceptors (Lipinski definition) is 2. The Morgan fingerprint density at radius 1 is 0.846 bits per heavy atom. The van der Waals surface area contributed by atoms with Crippen LogP contribution in [0.1, 0.15) is 48.8 Å². The molecule has 3 nitrogen and oxygen atoms in total. The van der Waals surface area contributed by atoms with Crippen molar-refractivity contribution in [2.24, 2.45) is 0 Å². The van der Waals surface area contributed by atoms with Gasteiger partial charge in [0, 0.05) is 13.0 Å². The monoisotopic (exact) mass is 349 g/mol. The second kappa shape index (κ2) is 11.8. The molecule has 136 valence electrons. The number of nitrogens with one attached hydrogen (secondary N) is 1. The van der Waals surface area contributed by atoms with Crippen LogP contribution in [-0.4, -0.2) is 11.8 Å². The fraction of sp³-hybridized carbons (Fsp3) is 0.348. The Balaban J connectivity index is 1.58. The van der Waals surface area contributed by atoms with Crippen LogP contribution in [0.2, 0.25) is 0 Å². The number of rotatable bonds is 11. The number of amides is 1. The van der Waals surface area contributed by atoms with Crippen molar-refractivity contribution in [3.63, 3.8) is 0 Å². The molecule has 0 aliphatic heterocycles. The highest BCUT2D eigenvalue weighted by atomic mass is 16.1. The predicted molar refractivity (Wildman–Crippen MR) is 105 cm³/mol. The maximum Gasteiger partial charge on any atom is 0.220 e. The van der Waals surface area contributed by atoms with Crippen molar-refractivity contribution < 1.29 is 9.59 Å². The van der Waals surface area contributed by atoms with E-state index < -0.39 is 0 Å². The Bertz CT molecular complexity index is 701. The van der Waals surface area contributed by atoms with Crippen molar-refractivity contribution >= 4 is 11.8 Å². The van der Waals surface area contributed by atoms with Crippen LogP contribution in [0.15, 0.2) is 60.7 Å². The molecule has 0 aromatic heterocycles. The van der Waals surface area contributed by atoms with Crippen molar-refractivity contribution in [2.45, 2.75) is 51.5 Å². The predicted octanol–water partition coefficient (Wildman–Crippen LogP) is 4.43. The van der Waals surface area contributed by atoms with E-state index in [2.05, 4.69) is 29.6 Å². The van der Waals surface area contributed by atoms with E-state index in [1.165, 1.54) is 11.1 Å². The summed E-state index contributed by atoms with van der Waals surface area (Å²) in [6.07, 6.45) is 7.80. The lowest BCUT2D eigenvalue weighted by Gasteiger charge is -2.06. The molecule has 0 aliphatic carbocycles. The quantitative estimate of drug-likeness (QED) is 0.482. The molecule has 0 radical (unpaired) electrons. The molecule has 0 saturated carbocycles. The van der Waals surface area contributed by atoms with E-state index in [-0.39, 0.29) is 5.91 Å². The molecule has 2 aromatic carbocycles. The van der Waals surface area contributed by atoms with Crippen molar-refractivity contribution in [2.75, 3.05) is 0 Å². The van der Waals surface area contributed by atoms with Crippen LogP contribution in [-0.2, 0) is 29.0 Å². The molecule has 26 heavy (non-hydrogen) atoms. The number of unbranched alkanes of at least 4 members (excludes halogenated alkanes) is 2. The van der Waals surface area contributed by atoms with Crippen molar-refractivity contribution in [3.05, 3.63) is 77.4 Å². The van der Waals surface area contributed by atoms with Crippen LogP contribution in [0.25, 0.3) is 0 Å². The molecular weight excluding hydrogens is 322 g/mol. The van der Waals surface area contributed by atoms with E-state index in [4.69, 9.17) is 0 Å². The summed E-state index contributed by atoms with van der Waals surface area (Å²) in [4.78, 5) is 22.0. The van der Waals surface area contributed by atoms with Gasteiger partial charge in [0.1, 0.15) is 5.94 Å². The Morgan fingerprint density at radius 3 is 2.15 bits per heavy atom. The minimum absolute atomic E-state index is 0.119. The highest BCUT2D eigenvalue weighted by Crippen LogP contribution is 2.11. The molecule has 2 aromatic rings. The zero-order valence-corrected chi connectivity index (χ0v) is 15.2. The molecule has 3 heteroatoms. The summed E-state index contributed by atoms with van der Waals surface area (Å²) >= 11 is 0. The SMILES string of the molecule is O=C=CCCCc1ccc(CCCCC(=O)NCc2ccccc2)cc1. The minimum Gasteiger partial charge on any atom is -0.352 e. The van der Waals surface area contributed by atoms with Crippen LogP contribution in [0.4, 0.5) is 0 Å². The summed E-state index contributed by atoms with van der Waals surface area (Å²) in [7, 11) is 0. The van der Waals surface area contributed by atoms with Crippen LogP contribution in [0.5, 0.6) is 0 Å². The van der Waals surface area contributed by atoms with Gasteiger partial charge in [0.25, 0.3) is 0 Å². The number of carbonyl (C=O) groups excluding carboxylic acids is 2. The van der Waals surface area contributed by atoms with Gasteiger partial charge >= 0.3 is 0 Å². The smallest absolute Gasteiger partial charge is 0.220 e. The third-order valence-electron chi connectivity index (χ3n) is 4.37. The third kappa shape index (κ3) is 7.96. The average Bonchev–Trinajstić information content (AvgIpc) is 2.69. The molecule has 1 N–H and O–H groups in total. The van der Waals surface area contributed by atoms with Gasteiger partial charge in [-0.25, -0.2) is 4.79 Å². The highest BCUT2D eigenvalue weighted by Gasteiger charge is 2.02. The van der Waals surface area contributed by atoms with E-state index in [0.29, 0.717) is 13.0 Å². The Hall–Kier alpha value is -2.64. The number of benzene rings is 2. The normalized spacial score (nSPS) is 10.2. The standard InChI is InChI=1S/C23H27NO2/c25-18-8-2-5-9-20-14-16-21(17-15-20)10-6-7-13-23(26)24-19-22-11-3-1-4-12-22/h1,3-4,8,11-12,14-17H,2,5-7,9-10,13,19H2,(H,24,26). The highest BCUT2D eigenvalue weighted by molar-refractivity contribution is 5.75. The van der Waals surface area contributed by atoms with E-state index in [9.17, 15) is 9.59 Å². The first-order chi connectivity index (χ1) is 12.8. The van der Waals surface area contributed by atoms with Crippen LogP contribution in [0.3, 0.4) is 0 Å². The summed E-state index contributed by atoms with van der Waals surface area (Å²) in [5.41, 5.74) is 3.74. The zero-order chi connectivity index (χ0) is 18.5. The van der Waals surface area contributed by atoms with Gasteiger partial charge in [-0.2, -0.15) is 0 Å². The van der Waals surface area contributed by atoms with Crippen LogP contribution in [0, 0.1) is 0 Å². The minimum atomic E-state index is 0.119. The summed E-state index contributed by atoms with van der Waals surface area (Å²) in [5, 5.41) is 2.97. The molecule has 0 fully saturated rings. The van der Waals surface area contributed by atoms with Gasteiger partial charge in [-0.3, -0.25) is 4.79 Å². The largest absolute Gasteiger partial charge is 0.352 e. The van der Waals surface area contributed by atoms with Gasteiger partial charge in [0.05, 0.1) is 0 Å². The molecule has 0 atom stereocenters. The van der Waals surface area contributed by atoms with E-state index in [1.807, 2.05) is 36.3 Å². The van der Waals surface area contributed by atoms with E-state index >= 15 is 0 Å². The summed E-state index contributed by atoms with van der Waals surface area (Å²) < 4.78 is 0. The second-order valence-electron chi connectivity index (χ2n) is 6.50. The molecule has 2 rings (SSSR count). The van der Waals surface area contributed by atoms with Crippen LogP contribution >= 0.6 is 0 Å². The Labute approximate surface area is 156 Å². The van der Waals surface area contributed by atoms with Gasteiger partial charge in [-0.1, -0.05) is 54.6 Å². The second-order valence-corrected chi connectivity index (χ2v) is 6.50. The third-order valence-corrected chi connectivity index (χ3v) is 4.37. The first-order valence-corrected chi connectivity index (χ1v) is 9.35. The number of allylic oxidation sites excluding steroid dienone is 1. The summed E-state index contributed by atoms with van der Waals surface area (Å²) in [5.74, 6) is 1.93. The van der Waals surface area contributed by atoms with E-state index in [0.717, 1.165) is 44.1 Å². The summed E-state index contributed by atoms with van der Waals surface area (Å²) in [6.45, 7) is 0.601. The molecule has 0 aliphatic rings. The molecule has 0 saturated heterocycles. The first kappa shape index (κ1) is 19.7. The van der Waals surface area contributed by atoms with Crippen molar-refractivity contribution in [3.8, 4) is 0 Å². The number of hydrogen-bond donors (Lipinski definition) is 1. The van der Waals surface area contributed by atoms with Crippen LogP contribution < -0.4 is 5.32 Å². The van der Waals surface area contributed by atoms with Gasteiger partial charge < -0.3 is 5.32 Å². The molecule has 1 amide bonds. The van der Waals surface area contributed by atoms with Gasteiger partial charge in [-0.05, 0) is 61.3 Å². The first-order valence-electron chi connectivity index (χ1n) is 9.35. The molecule has 0 unspecified atom stereocenters. The van der Waals surface area contributed by atoms with Crippen molar-refractivity contribution in [1.29, 1.82) is 0 Å².